The summed E-state index contributed by atoms with van der Waals surface area (Å²) in [7, 11) is 0. The molecule has 1 aromatic heterocycles. The van der Waals surface area contributed by atoms with Gasteiger partial charge in [0.25, 0.3) is 0 Å². The van der Waals surface area contributed by atoms with E-state index in [0.29, 0.717) is 12.3 Å². The first-order valence-corrected chi connectivity index (χ1v) is 7.30. The second-order valence-electron chi connectivity index (χ2n) is 5.18. The van der Waals surface area contributed by atoms with Crippen molar-refractivity contribution in [3.63, 3.8) is 0 Å². The highest BCUT2D eigenvalue weighted by atomic mass is 16.5. The smallest absolute Gasteiger partial charge is 0.178 e. The summed E-state index contributed by atoms with van der Waals surface area (Å²) in [4.78, 5) is 15.3. The predicted octanol–water partition coefficient (Wildman–Crippen LogP) is 4.06. The molecule has 3 aromatic rings. The van der Waals surface area contributed by atoms with Crippen LogP contribution in [0.2, 0.25) is 0 Å². The van der Waals surface area contributed by atoms with Gasteiger partial charge in [-0.2, -0.15) is 0 Å². The summed E-state index contributed by atoms with van der Waals surface area (Å²) in [5, 5.41) is 2.29. The van der Waals surface area contributed by atoms with Crippen molar-refractivity contribution in [2.24, 2.45) is 0 Å². The van der Waals surface area contributed by atoms with Crippen molar-refractivity contribution in [3.8, 4) is 5.75 Å². The summed E-state index contributed by atoms with van der Waals surface area (Å²) in [6.45, 7) is 2.10. The molecule has 110 valence electrons. The minimum Gasteiger partial charge on any atom is -0.493 e. The number of hydrogen-bond acceptors (Lipinski definition) is 3. The van der Waals surface area contributed by atoms with Crippen LogP contribution in [-0.4, -0.2) is 17.4 Å². The lowest BCUT2D eigenvalue weighted by molar-refractivity contribution is 0.101. The van der Waals surface area contributed by atoms with Crippen LogP contribution in [0.4, 0.5) is 0 Å². The van der Waals surface area contributed by atoms with Gasteiger partial charge in [-0.3, -0.25) is 9.78 Å². The molecule has 3 heteroatoms. The molecular formula is C19H17NO2. The van der Waals surface area contributed by atoms with Crippen LogP contribution >= 0.6 is 0 Å². The summed E-state index contributed by atoms with van der Waals surface area (Å²) in [6, 6.07) is 17.9. The van der Waals surface area contributed by atoms with Gasteiger partial charge in [0.15, 0.2) is 5.78 Å². The number of carbonyl (C=O) groups is 1. The minimum absolute atomic E-state index is 0.0152. The number of aromatic nitrogens is 1. The Kier molecular flexibility index (Phi) is 4.15. The van der Waals surface area contributed by atoms with Crippen molar-refractivity contribution in [1.29, 1.82) is 0 Å². The Bertz CT molecular complexity index is 789. The van der Waals surface area contributed by atoms with Crippen molar-refractivity contribution in [3.05, 3.63) is 72.1 Å². The van der Waals surface area contributed by atoms with Gasteiger partial charge in [-0.15, -0.1) is 0 Å². The molecule has 0 N–H and O–H groups in total. The van der Waals surface area contributed by atoms with E-state index >= 15 is 0 Å². The summed E-state index contributed by atoms with van der Waals surface area (Å²) in [5.41, 5.74) is 1.56. The third-order valence-electron chi connectivity index (χ3n) is 3.58. The number of pyridine rings is 1. The minimum atomic E-state index is -0.0152. The number of ether oxygens (including phenoxy) is 1. The number of hydrogen-bond donors (Lipinski definition) is 0. The Morgan fingerprint density at radius 1 is 1.05 bits per heavy atom. The SMILES string of the molecule is CC(=O)c1ccc(CCOc2cccc3ccccc23)cn1. The van der Waals surface area contributed by atoms with Crippen molar-refractivity contribution in [1.82, 2.24) is 4.98 Å². The van der Waals surface area contributed by atoms with Crippen LogP contribution in [0.3, 0.4) is 0 Å². The van der Waals surface area contributed by atoms with Gasteiger partial charge in [-0.25, -0.2) is 0 Å². The first-order chi connectivity index (χ1) is 10.7. The van der Waals surface area contributed by atoms with E-state index in [1.807, 2.05) is 30.3 Å². The molecule has 0 saturated carbocycles. The molecule has 22 heavy (non-hydrogen) atoms. The molecule has 1 heterocycles. The number of fused-ring (bicyclic) bond motifs is 1. The van der Waals surface area contributed by atoms with Crippen LogP contribution in [0.1, 0.15) is 23.0 Å². The Morgan fingerprint density at radius 2 is 1.86 bits per heavy atom. The van der Waals surface area contributed by atoms with Gasteiger partial charge in [0, 0.05) is 24.9 Å². The fraction of sp³-hybridized carbons (Fsp3) is 0.158. The second-order valence-corrected chi connectivity index (χ2v) is 5.18. The third kappa shape index (κ3) is 3.14. The molecule has 0 aliphatic rings. The second kappa shape index (κ2) is 6.39. The maximum Gasteiger partial charge on any atom is 0.178 e. The van der Waals surface area contributed by atoms with Crippen LogP contribution in [0.5, 0.6) is 5.75 Å². The fourth-order valence-corrected chi connectivity index (χ4v) is 2.38. The van der Waals surface area contributed by atoms with Crippen LogP contribution in [0.15, 0.2) is 60.8 Å². The van der Waals surface area contributed by atoms with E-state index in [9.17, 15) is 4.79 Å². The molecule has 0 aliphatic carbocycles. The van der Waals surface area contributed by atoms with Gasteiger partial charge in [-0.05, 0) is 23.1 Å². The largest absolute Gasteiger partial charge is 0.493 e. The van der Waals surface area contributed by atoms with Crippen LogP contribution < -0.4 is 4.74 Å². The number of benzene rings is 2. The number of Topliss-reactive ketones (excluding diaryl/α,β-unsaturated/α-hetero) is 1. The molecule has 0 saturated heterocycles. The monoisotopic (exact) mass is 291 g/mol. The maximum atomic E-state index is 11.2. The molecular weight excluding hydrogens is 274 g/mol. The Labute approximate surface area is 129 Å². The van der Waals surface area contributed by atoms with Gasteiger partial charge in [0.05, 0.1) is 6.61 Å². The first kappa shape index (κ1) is 14.3. The van der Waals surface area contributed by atoms with E-state index in [4.69, 9.17) is 4.74 Å². The Balaban J connectivity index is 1.66. The molecule has 0 atom stereocenters. The molecule has 3 nitrogen and oxygen atoms in total. The number of ketones is 1. The Hall–Kier alpha value is -2.68. The summed E-state index contributed by atoms with van der Waals surface area (Å²) >= 11 is 0. The van der Waals surface area contributed by atoms with Crippen LogP contribution in [-0.2, 0) is 6.42 Å². The predicted molar refractivity (Wildman–Crippen MR) is 87.4 cm³/mol. The molecule has 0 unspecified atom stereocenters. The summed E-state index contributed by atoms with van der Waals surface area (Å²) in [6.07, 6.45) is 2.50. The average molecular weight is 291 g/mol. The zero-order valence-corrected chi connectivity index (χ0v) is 12.5. The molecule has 0 spiro atoms. The third-order valence-corrected chi connectivity index (χ3v) is 3.58. The maximum absolute atomic E-state index is 11.2. The highest BCUT2D eigenvalue weighted by Gasteiger charge is 2.03. The average Bonchev–Trinajstić information content (AvgIpc) is 2.55. The Morgan fingerprint density at radius 3 is 2.64 bits per heavy atom. The molecule has 2 aromatic carbocycles. The normalized spacial score (nSPS) is 10.6. The van der Waals surface area contributed by atoms with Crippen molar-refractivity contribution < 1.29 is 9.53 Å². The first-order valence-electron chi connectivity index (χ1n) is 7.30. The molecule has 3 rings (SSSR count). The fourth-order valence-electron chi connectivity index (χ4n) is 2.38. The highest BCUT2D eigenvalue weighted by molar-refractivity contribution is 5.92. The van der Waals surface area contributed by atoms with Gasteiger partial charge < -0.3 is 4.74 Å². The van der Waals surface area contributed by atoms with Crippen molar-refractivity contribution in [2.45, 2.75) is 13.3 Å². The number of carbonyl (C=O) groups excluding carboxylic acids is 1. The summed E-state index contributed by atoms with van der Waals surface area (Å²) < 4.78 is 5.91. The topological polar surface area (TPSA) is 39.2 Å². The summed E-state index contributed by atoms with van der Waals surface area (Å²) in [5.74, 6) is 0.880. The lowest BCUT2D eigenvalue weighted by atomic mass is 10.1. The van der Waals surface area contributed by atoms with Gasteiger partial charge in [0.2, 0.25) is 0 Å². The van der Waals surface area contributed by atoms with Crippen molar-refractivity contribution in [2.75, 3.05) is 6.61 Å². The van der Waals surface area contributed by atoms with Crippen molar-refractivity contribution >= 4 is 16.6 Å². The number of rotatable bonds is 5. The molecule has 0 aliphatic heterocycles. The van der Waals surface area contributed by atoms with E-state index < -0.39 is 0 Å². The van der Waals surface area contributed by atoms with E-state index in [0.717, 1.165) is 23.1 Å². The lowest BCUT2D eigenvalue weighted by Gasteiger charge is -2.09. The molecule has 0 bridgehead atoms. The van der Waals surface area contributed by atoms with E-state index in [1.165, 1.54) is 12.3 Å². The highest BCUT2D eigenvalue weighted by Crippen LogP contribution is 2.25. The van der Waals surface area contributed by atoms with Gasteiger partial charge in [0.1, 0.15) is 11.4 Å². The lowest BCUT2D eigenvalue weighted by Crippen LogP contribution is -2.03. The zero-order valence-electron chi connectivity index (χ0n) is 12.5. The molecule has 0 fully saturated rings. The molecule has 0 radical (unpaired) electrons. The van der Waals surface area contributed by atoms with Crippen LogP contribution in [0, 0.1) is 0 Å². The number of nitrogens with zero attached hydrogens (tertiary/aromatic N) is 1. The van der Waals surface area contributed by atoms with Crippen LogP contribution in [0.25, 0.3) is 10.8 Å². The van der Waals surface area contributed by atoms with E-state index in [-0.39, 0.29) is 5.78 Å². The zero-order chi connectivity index (χ0) is 15.4. The standard InChI is InChI=1S/C19H17NO2/c1-14(21)18-10-9-15(13-20-18)11-12-22-19-8-4-6-16-5-2-3-7-17(16)19/h2-10,13H,11-12H2,1H3. The van der Waals surface area contributed by atoms with Gasteiger partial charge in [-0.1, -0.05) is 42.5 Å². The van der Waals surface area contributed by atoms with E-state index in [2.05, 4.69) is 23.2 Å². The van der Waals surface area contributed by atoms with E-state index in [1.54, 1.807) is 12.3 Å². The molecule has 0 amide bonds. The quantitative estimate of drug-likeness (QED) is 0.665. The van der Waals surface area contributed by atoms with Gasteiger partial charge >= 0.3 is 0 Å².